The fourth-order valence-electron chi connectivity index (χ4n) is 1.67. The molecule has 1 fully saturated rings. The van der Waals surface area contributed by atoms with E-state index in [-0.39, 0.29) is 12.6 Å². The number of aromatic nitrogens is 2. The number of carbonyl (C=O) groups excluding carboxylic acids is 1. The zero-order chi connectivity index (χ0) is 11.9. The van der Waals surface area contributed by atoms with E-state index in [1.165, 1.54) is 16.8 Å². The predicted octanol–water partition coefficient (Wildman–Crippen LogP) is -0.255. The van der Waals surface area contributed by atoms with E-state index < -0.39 is 12.0 Å². The molecule has 0 saturated carbocycles. The van der Waals surface area contributed by atoms with Crippen molar-refractivity contribution in [3.63, 3.8) is 0 Å². The Morgan fingerprint density at radius 1 is 1.56 bits per heavy atom. The van der Waals surface area contributed by atoms with Crippen molar-refractivity contribution >= 4 is 17.8 Å². The summed E-state index contributed by atoms with van der Waals surface area (Å²) >= 11 is 0. The van der Waals surface area contributed by atoms with Crippen molar-refractivity contribution in [3.05, 3.63) is 12.5 Å². The van der Waals surface area contributed by atoms with Gasteiger partial charge in [-0.2, -0.15) is 0 Å². The van der Waals surface area contributed by atoms with E-state index >= 15 is 0 Å². The van der Waals surface area contributed by atoms with Gasteiger partial charge in [0.25, 0.3) is 0 Å². The maximum Gasteiger partial charge on any atom is 0.328 e. The van der Waals surface area contributed by atoms with Crippen LogP contribution in [0, 0.1) is 0 Å². The van der Waals surface area contributed by atoms with Crippen LogP contribution >= 0.6 is 0 Å². The predicted molar refractivity (Wildman–Crippen MR) is 55.1 cm³/mol. The van der Waals surface area contributed by atoms with E-state index in [9.17, 15) is 9.59 Å². The van der Waals surface area contributed by atoms with E-state index in [4.69, 9.17) is 5.11 Å². The minimum Gasteiger partial charge on any atom is -0.480 e. The molecular formula is C9H12N4O3. The van der Waals surface area contributed by atoms with E-state index in [0.717, 1.165) is 0 Å². The number of carboxylic acid groups (broad SMARTS) is 1. The fraction of sp³-hybridized carbons (Fsp3) is 0.444. The van der Waals surface area contributed by atoms with E-state index in [1.807, 2.05) is 0 Å². The molecule has 1 aromatic heterocycles. The quantitative estimate of drug-likeness (QED) is 0.751. The number of hydrogen-bond donors (Lipinski definition) is 1. The lowest BCUT2D eigenvalue weighted by Gasteiger charge is -2.13. The fourth-order valence-corrected chi connectivity index (χ4v) is 1.67. The number of aliphatic carboxylic acids is 1. The molecule has 2 rings (SSSR count). The molecule has 0 aromatic carbocycles. The van der Waals surface area contributed by atoms with Crippen molar-refractivity contribution in [3.8, 4) is 0 Å². The van der Waals surface area contributed by atoms with Crippen LogP contribution in [0.2, 0.25) is 0 Å². The van der Waals surface area contributed by atoms with Gasteiger partial charge in [-0.05, 0) is 0 Å². The molecule has 0 spiro atoms. The largest absolute Gasteiger partial charge is 0.480 e. The maximum absolute atomic E-state index is 11.8. The number of carbonyl (C=O) groups is 2. The Balaban J connectivity index is 2.26. The van der Waals surface area contributed by atoms with Crippen LogP contribution in [0.1, 0.15) is 0 Å². The Kier molecular flexibility index (Phi) is 2.30. The van der Waals surface area contributed by atoms with Gasteiger partial charge in [0, 0.05) is 20.3 Å². The average Bonchev–Trinajstić information content (AvgIpc) is 2.74. The molecule has 16 heavy (non-hydrogen) atoms. The summed E-state index contributed by atoms with van der Waals surface area (Å²) in [7, 11) is 3.26. The summed E-state index contributed by atoms with van der Waals surface area (Å²) in [6, 6.07) is -1.15. The van der Waals surface area contributed by atoms with Crippen LogP contribution in [-0.2, 0) is 11.8 Å². The van der Waals surface area contributed by atoms with Crippen molar-refractivity contribution in [2.45, 2.75) is 6.04 Å². The molecule has 1 aliphatic rings. The molecule has 7 heteroatoms. The van der Waals surface area contributed by atoms with Crippen LogP contribution in [0.3, 0.4) is 0 Å². The monoisotopic (exact) mass is 224 g/mol. The van der Waals surface area contributed by atoms with Gasteiger partial charge in [0.2, 0.25) is 0 Å². The Labute approximate surface area is 91.9 Å². The molecule has 7 nitrogen and oxygen atoms in total. The normalized spacial score (nSPS) is 20.6. The van der Waals surface area contributed by atoms with Gasteiger partial charge in [-0.25, -0.2) is 14.6 Å². The standard InChI is InChI=1S/C9H12N4O3/c1-11-4-7(10-5-11)13-3-6(8(14)15)12(2)9(13)16/h4-6H,3H2,1-2H3,(H,14,15). The van der Waals surface area contributed by atoms with E-state index in [0.29, 0.717) is 5.82 Å². The number of likely N-dealkylation sites (N-methyl/N-ethyl adjacent to an activating group) is 1. The van der Waals surface area contributed by atoms with Gasteiger partial charge in [-0.15, -0.1) is 0 Å². The third-order valence-electron chi connectivity index (χ3n) is 2.61. The summed E-state index contributed by atoms with van der Waals surface area (Å²) < 4.78 is 1.71. The zero-order valence-electron chi connectivity index (χ0n) is 8.99. The molecule has 0 aliphatic carbocycles. The molecule has 1 aliphatic heterocycles. The lowest BCUT2D eigenvalue weighted by atomic mass is 10.3. The molecular weight excluding hydrogens is 212 g/mol. The Hall–Kier alpha value is -2.05. The maximum atomic E-state index is 11.8. The molecule has 1 aromatic rings. The highest BCUT2D eigenvalue weighted by atomic mass is 16.4. The lowest BCUT2D eigenvalue weighted by Crippen LogP contribution is -2.36. The molecule has 1 unspecified atom stereocenters. The van der Waals surface area contributed by atoms with Crippen LogP contribution in [-0.4, -0.2) is 51.2 Å². The molecule has 1 saturated heterocycles. The van der Waals surface area contributed by atoms with Crippen LogP contribution in [0.15, 0.2) is 12.5 Å². The minimum absolute atomic E-state index is 0.127. The summed E-state index contributed by atoms with van der Waals surface area (Å²) in [5.74, 6) is -0.530. The van der Waals surface area contributed by atoms with Gasteiger partial charge < -0.3 is 14.6 Å². The topological polar surface area (TPSA) is 78.7 Å². The summed E-state index contributed by atoms with van der Waals surface area (Å²) in [5.41, 5.74) is 0. The summed E-state index contributed by atoms with van der Waals surface area (Å²) in [6.07, 6.45) is 3.24. The number of nitrogens with zero attached hydrogens (tertiary/aromatic N) is 4. The second-order valence-corrected chi connectivity index (χ2v) is 3.76. The number of aryl methyl sites for hydroxylation is 1. The van der Waals surface area contributed by atoms with Gasteiger partial charge in [0.1, 0.15) is 6.04 Å². The number of imidazole rings is 1. The number of urea groups is 1. The number of rotatable bonds is 2. The zero-order valence-corrected chi connectivity index (χ0v) is 8.99. The highest BCUT2D eigenvalue weighted by Crippen LogP contribution is 2.20. The Morgan fingerprint density at radius 3 is 2.69 bits per heavy atom. The Bertz CT molecular complexity index is 442. The second kappa shape index (κ2) is 3.51. The Morgan fingerprint density at radius 2 is 2.25 bits per heavy atom. The third-order valence-corrected chi connectivity index (χ3v) is 2.61. The smallest absolute Gasteiger partial charge is 0.328 e. The SMILES string of the molecule is CN1C(=O)N(c2cn(C)cn2)CC1C(=O)O. The molecule has 1 atom stereocenters. The average molecular weight is 224 g/mol. The summed E-state index contributed by atoms with van der Waals surface area (Å²) in [6.45, 7) is 0.127. The van der Waals surface area contributed by atoms with Crippen LogP contribution in [0.4, 0.5) is 10.6 Å². The summed E-state index contributed by atoms with van der Waals surface area (Å²) in [5, 5.41) is 8.93. The minimum atomic E-state index is -1.01. The first-order valence-corrected chi connectivity index (χ1v) is 4.76. The molecule has 0 radical (unpaired) electrons. The van der Waals surface area contributed by atoms with Crippen molar-refractivity contribution in [1.82, 2.24) is 14.5 Å². The van der Waals surface area contributed by atoms with Gasteiger partial charge >= 0.3 is 12.0 Å². The molecule has 2 heterocycles. The molecule has 86 valence electrons. The molecule has 0 bridgehead atoms. The van der Waals surface area contributed by atoms with Crippen molar-refractivity contribution in [2.24, 2.45) is 7.05 Å². The number of carboxylic acids is 1. The molecule has 2 amide bonds. The number of amides is 2. The highest BCUT2D eigenvalue weighted by Gasteiger charge is 2.40. The summed E-state index contributed by atoms with van der Waals surface area (Å²) in [4.78, 5) is 29.3. The van der Waals surface area contributed by atoms with Gasteiger partial charge in [0.05, 0.1) is 12.9 Å². The number of anilines is 1. The van der Waals surface area contributed by atoms with Crippen molar-refractivity contribution < 1.29 is 14.7 Å². The first kappa shape index (κ1) is 10.5. The van der Waals surface area contributed by atoms with Crippen LogP contribution in [0.5, 0.6) is 0 Å². The third kappa shape index (κ3) is 1.50. The van der Waals surface area contributed by atoms with Gasteiger partial charge in [-0.3, -0.25) is 4.90 Å². The van der Waals surface area contributed by atoms with Crippen LogP contribution in [0.25, 0.3) is 0 Å². The van der Waals surface area contributed by atoms with Crippen molar-refractivity contribution in [2.75, 3.05) is 18.5 Å². The van der Waals surface area contributed by atoms with Crippen LogP contribution < -0.4 is 4.90 Å². The molecule has 1 N–H and O–H groups in total. The van der Waals surface area contributed by atoms with Gasteiger partial charge in [0.15, 0.2) is 5.82 Å². The highest BCUT2D eigenvalue weighted by molar-refractivity contribution is 5.97. The van der Waals surface area contributed by atoms with E-state index in [2.05, 4.69) is 4.98 Å². The second-order valence-electron chi connectivity index (χ2n) is 3.76. The first-order chi connectivity index (χ1) is 7.50. The van der Waals surface area contributed by atoms with Gasteiger partial charge in [-0.1, -0.05) is 0 Å². The first-order valence-electron chi connectivity index (χ1n) is 4.76. The van der Waals surface area contributed by atoms with Crippen molar-refractivity contribution in [1.29, 1.82) is 0 Å². The van der Waals surface area contributed by atoms with E-state index in [1.54, 1.807) is 24.1 Å². The lowest BCUT2D eigenvalue weighted by molar-refractivity contribution is -0.140. The number of hydrogen-bond acceptors (Lipinski definition) is 3.